The van der Waals surface area contributed by atoms with Crippen molar-refractivity contribution in [2.75, 3.05) is 19.0 Å². The van der Waals surface area contributed by atoms with Crippen LogP contribution in [0.15, 0.2) is 70.5 Å². The van der Waals surface area contributed by atoms with Gasteiger partial charge in [-0.25, -0.2) is 13.2 Å². The normalized spacial score (nSPS) is 13.5. The number of hydrogen-bond donors (Lipinski definition) is 1. The van der Waals surface area contributed by atoms with Crippen LogP contribution in [0.5, 0.6) is 5.75 Å². The molecule has 0 aromatic heterocycles. The third kappa shape index (κ3) is 4.10. The number of rotatable bonds is 5. The standard InChI is InChI=1S/C24H19NO7S/c1-14-7-10-19(31-2)18(11-14)25-22(26)13-32-24(28)15-8-9-17-21(12-15)33(29,30)20-6-4-3-5-16(20)23(17)27/h3-12H,13H2,1-2H3,(H,25,26). The maximum absolute atomic E-state index is 13.0. The summed E-state index contributed by atoms with van der Waals surface area (Å²) in [6.07, 6.45) is 0. The van der Waals surface area contributed by atoms with Crippen LogP contribution in [0.3, 0.4) is 0 Å². The summed E-state index contributed by atoms with van der Waals surface area (Å²) in [6.45, 7) is 1.25. The monoisotopic (exact) mass is 465 g/mol. The van der Waals surface area contributed by atoms with E-state index >= 15 is 0 Å². The van der Waals surface area contributed by atoms with E-state index in [-0.39, 0.29) is 26.5 Å². The van der Waals surface area contributed by atoms with Gasteiger partial charge in [-0.1, -0.05) is 18.2 Å². The average molecular weight is 465 g/mol. The third-order valence-corrected chi connectivity index (χ3v) is 6.99. The van der Waals surface area contributed by atoms with E-state index in [0.29, 0.717) is 11.4 Å². The van der Waals surface area contributed by atoms with E-state index in [9.17, 15) is 22.8 Å². The third-order valence-electron chi connectivity index (χ3n) is 5.14. The lowest BCUT2D eigenvalue weighted by Crippen LogP contribution is -2.23. The van der Waals surface area contributed by atoms with Gasteiger partial charge >= 0.3 is 5.97 Å². The smallest absolute Gasteiger partial charge is 0.338 e. The average Bonchev–Trinajstić information content (AvgIpc) is 2.81. The Kier molecular flexibility index (Phi) is 5.73. The molecule has 0 unspecified atom stereocenters. The van der Waals surface area contributed by atoms with Crippen molar-refractivity contribution in [3.63, 3.8) is 0 Å². The van der Waals surface area contributed by atoms with Crippen LogP contribution in [0.25, 0.3) is 0 Å². The fraction of sp³-hybridized carbons (Fsp3) is 0.125. The van der Waals surface area contributed by atoms with E-state index in [1.807, 2.05) is 13.0 Å². The molecule has 0 fully saturated rings. The van der Waals surface area contributed by atoms with Crippen molar-refractivity contribution >= 4 is 33.2 Å². The van der Waals surface area contributed by atoms with Gasteiger partial charge in [0.25, 0.3) is 5.91 Å². The Hall–Kier alpha value is -3.98. The highest BCUT2D eigenvalue weighted by atomic mass is 32.2. The molecular formula is C24H19NO7S. The zero-order valence-corrected chi connectivity index (χ0v) is 18.6. The van der Waals surface area contributed by atoms with Crippen molar-refractivity contribution < 1.29 is 32.3 Å². The maximum Gasteiger partial charge on any atom is 0.338 e. The molecule has 1 amide bonds. The largest absolute Gasteiger partial charge is 0.495 e. The molecule has 168 valence electrons. The van der Waals surface area contributed by atoms with Crippen molar-refractivity contribution in [1.82, 2.24) is 0 Å². The first kappa shape index (κ1) is 22.2. The molecule has 0 saturated heterocycles. The minimum absolute atomic E-state index is 0.0189. The lowest BCUT2D eigenvalue weighted by atomic mass is 10.0. The predicted molar refractivity (Wildman–Crippen MR) is 118 cm³/mol. The summed E-state index contributed by atoms with van der Waals surface area (Å²) in [5.41, 5.74) is 1.30. The fourth-order valence-corrected chi connectivity index (χ4v) is 5.21. The number of hydrogen-bond acceptors (Lipinski definition) is 7. The summed E-state index contributed by atoms with van der Waals surface area (Å²) >= 11 is 0. The van der Waals surface area contributed by atoms with E-state index in [4.69, 9.17) is 9.47 Å². The lowest BCUT2D eigenvalue weighted by molar-refractivity contribution is -0.119. The van der Waals surface area contributed by atoms with Crippen LogP contribution in [0.4, 0.5) is 5.69 Å². The summed E-state index contributed by atoms with van der Waals surface area (Å²) in [4.78, 5) is 37.1. The van der Waals surface area contributed by atoms with Gasteiger partial charge in [0, 0.05) is 11.1 Å². The molecule has 1 aliphatic heterocycles. The Labute approximate surface area is 190 Å². The van der Waals surface area contributed by atoms with Crippen LogP contribution in [0.1, 0.15) is 31.8 Å². The van der Waals surface area contributed by atoms with Crippen molar-refractivity contribution in [1.29, 1.82) is 0 Å². The quantitative estimate of drug-likeness (QED) is 0.450. The number of esters is 1. The van der Waals surface area contributed by atoms with Crippen LogP contribution in [-0.2, 0) is 19.4 Å². The van der Waals surface area contributed by atoms with Gasteiger partial charge < -0.3 is 14.8 Å². The van der Waals surface area contributed by atoms with Gasteiger partial charge in [-0.05, 0) is 55.0 Å². The Bertz CT molecular complexity index is 1410. The first-order valence-electron chi connectivity index (χ1n) is 9.87. The predicted octanol–water partition coefficient (Wildman–Crippen LogP) is 3.18. The van der Waals surface area contributed by atoms with E-state index in [1.54, 1.807) is 18.2 Å². The molecule has 1 aliphatic rings. The van der Waals surface area contributed by atoms with E-state index in [1.165, 1.54) is 37.4 Å². The van der Waals surface area contributed by atoms with Crippen molar-refractivity contribution in [2.24, 2.45) is 0 Å². The molecule has 8 nitrogen and oxygen atoms in total. The van der Waals surface area contributed by atoms with Gasteiger partial charge in [0.1, 0.15) is 5.75 Å². The van der Waals surface area contributed by atoms with Crippen LogP contribution < -0.4 is 10.1 Å². The minimum Gasteiger partial charge on any atom is -0.495 e. The first-order valence-corrected chi connectivity index (χ1v) is 11.3. The first-order chi connectivity index (χ1) is 15.7. The molecule has 3 aromatic carbocycles. The van der Waals surface area contributed by atoms with Crippen LogP contribution in [0.2, 0.25) is 0 Å². The van der Waals surface area contributed by atoms with Gasteiger partial charge in [-0.3, -0.25) is 9.59 Å². The molecule has 1 N–H and O–H groups in total. The summed E-state index contributed by atoms with van der Waals surface area (Å²) in [5, 5.41) is 2.61. The van der Waals surface area contributed by atoms with Gasteiger partial charge in [-0.2, -0.15) is 0 Å². The molecule has 1 heterocycles. The van der Waals surface area contributed by atoms with Crippen molar-refractivity contribution in [2.45, 2.75) is 16.7 Å². The minimum atomic E-state index is -4.00. The molecule has 0 spiro atoms. The number of fused-ring (bicyclic) bond motifs is 2. The number of nitrogens with one attached hydrogen (secondary N) is 1. The highest BCUT2D eigenvalue weighted by molar-refractivity contribution is 7.91. The number of methoxy groups -OCH3 is 1. The molecule has 0 aliphatic carbocycles. The molecule has 0 atom stereocenters. The highest BCUT2D eigenvalue weighted by Gasteiger charge is 2.35. The zero-order valence-electron chi connectivity index (χ0n) is 17.7. The molecule has 33 heavy (non-hydrogen) atoms. The van der Waals surface area contributed by atoms with E-state index in [0.717, 1.165) is 11.6 Å². The molecule has 9 heteroatoms. The Morgan fingerprint density at radius 2 is 1.67 bits per heavy atom. The van der Waals surface area contributed by atoms with Gasteiger partial charge in [0.05, 0.1) is 28.2 Å². The number of ketones is 1. The number of sulfone groups is 1. The number of ether oxygens (including phenoxy) is 2. The number of benzene rings is 3. The summed E-state index contributed by atoms with van der Waals surface area (Å²) in [7, 11) is -2.53. The molecule has 0 bridgehead atoms. The Balaban J connectivity index is 1.52. The number of anilines is 1. The second-order valence-corrected chi connectivity index (χ2v) is 9.25. The van der Waals surface area contributed by atoms with Crippen molar-refractivity contribution in [3.8, 4) is 5.75 Å². The Morgan fingerprint density at radius 1 is 0.939 bits per heavy atom. The molecule has 3 aromatic rings. The number of carbonyl (C=O) groups is 3. The van der Waals surface area contributed by atoms with Crippen LogP contribution in [-0.4, -0.2) is 39.8 Å². The number of carbonyl (C=O) groups excluding carboxylic acids is 3. The summed E-state index contributed by atoms with van der Waals surface area (Å²) in [5.74, 6) is -1.49. The SMILES string of the molecule is COc1ccc(C)cc1NC(=O)COC(=O)c1ccc2c(c1)S(=O)(=O)c1ccccc1C2=O. The number of amides is 1. The summed E-state index contributed by atoms with van der Waals surface area (Å²) < 4.78 is 36.2. The highest BCUT2D eigenvalue weighted by Crippen LogP contribution is 2.34. The van der Waals surface area contributed by atoms with E-state index < -0.39 is 34.1 Å². The van der Waals surface area contributed by atoms with Gasteiger partial charge in [0.2, 0.25) is 9.84 Å². The zero-order chi connectivity index (χ0) is 23.8. The Morgan fingerprint density at radius 3 is 2.42 bits per heavy atom. The maximum atomic E-state index is 13.0. The van der Waals surface area contributed by atoms with Crippen molar-refractivity contribution in [3.05, 3.63) is 82.9 Å². The fourth-order valence-electron chi connectivity index (χ4n) is 3.53. The molecule has 4 rings (SSSR count). The van der Waals surface area contributed by atoms with Gasteiger partial charge in [0.15, 0.2) is 12.4 Å². The second kappa shape index (κ2) is 8.51. The van der Waals surface area contributed by atoms with E-state index in [2.05, 4.69) is 5.32 Å². The lowest BCUT2D eigenvalue weighted by Gasteiger charge is -2.19. The van der Waals surface area contributed by atoms with Crippen LogP contribution >= 0.6 is 0 Å². The molecule has 0 saturated carbocycles. The molecule has 0 radical (unpaired) electrons. The number of aryl methyl sites for hydroxylation is 1. The second-order valence-electron chi connectivity index (χ2n) is 7.37. The molecular weight excluding hydrogens is 446 g/mol. The topological polar surface area (TPSA) is 116 Å². The summed E-state index contributed by atoms with van der Waals surface area (Å²) in [6, 6.07) is 14.8. The van der Waals surface area contributed by atoms with Gasteiger partial charge in [-0.15, -0.1) is 0 Å². The van der Waals surface area contributed by atoms with Crippen LogP contribution in [0, 0.1) is 6.92 Å².